The van der Waals surface area contributed by atoms with E-state index in [9.17, 15) is 22.4 Å². The quantitative estimate of drug-likeness (QED) is 0.272. The molecule has 0 aliphatic carbocycles. The maximum atomic E-state index is 12.6. The molecule has 0 atom stereocenters. The molecule has 0 radical (unpaired) electrons. The molecule has 1 aromatic heterocycles. The summed E-state index contributed by atoms with van der Waals surface area (Å²) in [5.74, 6) is -0.724. The smallest absolute Gasteiger partial charge is 0.387 e. The summed E-state index contributed by atoms with van der Waals surface area (Å²) < 4.78 is 69.5. The molecule has 170 valence electrons. The minimum absolute atomic E-state index is 0.0462. The van der Waals surface area contributed by atoms with Crippen LogP contribution in [0.2, 0.25) is 0 Å². The van der Waals surface area contributed by atoms with Gasteiger partial charge >= 0.3 is 13.2 Å². The molecule has 0 fully saturated rings. The van der Waals surface area contributed by atoms with Crippen LogP contribution >= 0.6 is 0 Å². The van der Waals surface area contributed by atoms with E-state index in [0.29, 0.717) is 23.6 Å². The van der Waals surface area contributed by atoms with Gasteiger partial charge in [-0.05, 0) is 37.3 Å². The van der Waals surface area contributed by atoms with Crippen molar-refractivity contribution in [3.8, 4) is 28.7 Å². The minimum atomic E-state index is -3.24. The van der Waals surface area contributed by atoms with Gasteiger partial charge in [0, 0.05) is 18.4 Å². The highest BCUT2D eigenvalue weighted by Crippen LogP contribution is 2.34. The van der Waals surface area contributed by atoms with Gasteiger partial charge in [-0.1, -0.05) is 12.1 Å². The van der Waals surface area contributed by atoms with Crippen LogP contribution in [0.4, 0.5) is 17.6 Å². The fourth-order valence-corrected chi connectivity index (χ4v) is 2.93. The van der Waals surface area contributed by atoms with Gasteiger partial charge in [0.2, 0.25) is 5.89 Å². The molecule has 0 unspecified atom stereocenters. The third-order valence-corrected chi connectivity index (χ3v) is 4.27. The Kier molecular flexibility index (Phi) is 7.69. The predicted octanol–water partition coefficient (Wildman–Crippen LogP) is 5.76. The molecule has 0 amide bonds. The second-order valence-corrected chi connectivity index (χ2v) is 6.41. The van der Waals surface area contributed by atoms with E-state index in [-0.39, 0.29) is 30.1 Å². The number of para-hydroxylation sites is 1. The third-order valence-electron chi connectivity index (χ3n) is 4.27. The summed E-state index contributed by atoms with van der Waals surface area (Å²) in [4.78, 5) is 16.8. The second kappa shape index (κ2) is 10.7. The number of ether oxygens (including phenoxy) is 3. The Labute approximate surface area is 180 Å². The molecule has 32 heavy (non-hydrogen) atoms. The third kappa shape index (κ3) is 5.99. The van der Waals surface area contributed by atoms with Crippen molar-refractivity contribution in [1.82, 2.24) is 4.98 Å². The summed E-state index contributed by atoms with van der Waals surface area (Å²) in [6.07, 6.45) is 1.72. The first kappa shape index (κ1) is 23.1. The lowest BCUT2D eigenvalue weighted by Gasteiger charge is -2.12. The lowest BCUT2D eigenvalue weighted by atomic mass is 10.0. The zero-order valence-corrected chi connectivity index (χ0v) is 16.9. The van der Waals surface area contributed by atoms with E-state index in [4.69, 9.17) is 9.15 Å². The number of halogens is 4. The highest BCUT2D eigenvalue weighted by atomic mass is 19.3. The number of alkyl halides is 4. The van der Waals surface area contributed by atoms with E-state index >= 15 is 0 Å². The van der Waals surface area contributed by atoms with E-state index < -0.39 is 24.7 Å². The molecule has 0 saturated heterocycles. The number of Topliss-reactive ketones (excluding diaryl/α,β-unsaturated/α-hetero) is 1. The number of benzene rings is 2. The normalized spacial score (nSPS) is 11.1. The topological polar surface area (TPSA) is 70.8 Å². The van der Waals surface area contributed by atoms with Gasteiger partial charge in [-0.15, -0.1) is 0 Å². The van der Waals surface area contributed by atoms with Gasteiger partial charge in [0.05, 0.1) is 17.9 Å². The number of nitrogens with zero attached hydrogens (tertiary/aromatic N) is 1. The number of carbonyl (C=O) groups is 1. The van der Waals surface area contributed by atoms with Crippen LogP contribution in [0.5, 0.6) is 17.2 Å². The largest absolute Gasteiger partial charge is 0.493 e. The molecule has 0 bridgehead atoms. The molecule has 0 spiro atoms. The first-order valence-electron chi connectivity index (χ1n) is 9.60. The monoisotopic (exact) mass is 453 g/mol. The van der Waals surface area contributed by atoms with Crippen molar-refractivity contribution in [2.45, 2.75) is 33.0 Å². The van der Waals surface area contributed by atoms with Crippen molar-refractivity contribution in [2.24, 2.45) is 0 Å². The van der Waals surface area contributed by atoms with E-state index in [1.54, 1.807) is 24.3 Å². The summed E-state index contributed by atoms with van der Waals surface area (Å²) >= 11 is 0. The van der Waals surface area contributed by atoms with Gasteiger partial charge in [-0.2, -0.15) is 17.6 Å². The van der Waals surface area contributed by atoms with Crippen molar-refractivity contribution in [1.29, 1.82) is 0 Å². The van der Waals surface area contributed by atoms with Crippen molar-refractivity contribution in [2.75, 3.05) is 6.61 Å². The zero-order chi connectivity index (χ0) is 23.1. The Morgan fingerprint density at radius 3 is 2.44 bits per heavy atom. The number of aryl methyl sites for hydroxylation is 1. The molecule has 3 rings (SSSR count). The van der Waals surface area contributed by atoms with Gasteiger partial charge in [0.1, 0.15) is 12.0 Å². The minimum Gasteiger partial charge on any atom is -0.493 e. The molecule has 2 aromatic carbocycles. The lowest BCUT2D eigenvalue weighted by Crippen LogP contribution is -2.07. The summed E-state index contributed by atoms with van der Waals surface area (Å²) in [6.45, 7) is -4.20. The number of hydrogen-bond acceptors (Lipinski definition) is 6. The predicted molar refractivity (Wildman–Crippen MR) is 105 cm³/mol. The maximum Gasteiger partial charge on any atom is 0.387 e. The van der Waals surface area contributed by atoms with Crippen LogP contribution < -0.4 is 14.2 Å². The summed E-state index contributed by atoms with van der Waals surface area (Å²) in [5, 5.41) is 0. The van der Waals surface area contributed by atoms with E-state index in [0.717, 1.165) is 12.1 Å². The molecule has 10 heteroatoms. The number of rotatable bonds is 11. The second-order valence-electron chi connectivity index (χ2n) is 6.41. The standard InChI is InChI=1S/C22H19F4NO5/c1-2-29-17-6-4-3-5-15(17)16(28)9-8-14-12-30-20(27-14)13-7-10-18(31-21(23)24)19(11-13)32-22(25)26/h3-7,10-12,21-22H,2,8-9H2,1H3. The van der Waals surface area contributed by atoms with Gasteiger partial charge in [-0.3, -0.25) is 4.79 Å². The Morgan fingerprint density at radius 1 is 1.00 bits per heavy atom. The molecular weight excluding hydrogens is 434 g/mol. The Bertz CT molecular complexity index is 1050. The van der Waals surface area contributed by atoms with Gasteiger partial charge in [-0.25, -0.2) is 4.98 Å². The van der Waals surface area contributed by atoms with Gasteiger partial charge in [0.15, 0.2) is 17.3 Å². The maximum absolute atomic E-state index is 12.6. The number of carbonyl (C=O) groups excluding carboxylic acids is 1. The van der Waals surface area contributed by atoms with Gasteiger partial charge in [0.25, 0.3) is 0 Å². The van der Waals surface area contributed by atoms with Crippen LogP contribution in [0, 0.1) is 0 Å². The zero-order valence-electron chi connectivity index (χ0n) is 16.9. The number of oxazole rings is 1. The van der Waals surface area contributed by atoms with Gasteiger partial charge < -0.3 is 18.6 Å². The van der Waals surface area contributed by atoms with E-state index in [2.05, 4.69) is 14.5 Å². The van der Waals surface area contributed by atoms with E-state index in [1.165, 1.54) is 12.3 Å². The van der Waals surface area contributed by atoms with Crippen LogP contribution in [-0.4, -0.2) is 30.6 Å². The molecule has 0 aliphatic heterocycles. The van der Waals surface area contributed by atoms with Crippen molar-refractivity contribution in [3.05, 3.63) is 60.0 Å². The Morgan fingerprint density at radius 2 is 1.72 bits per heavy atom. The fourth-order valence-electron chi connectivity index (χ4n) is 2.93. The molecule has 6 nitrogen and oxygen atoms in total. The summed E-state index contributed by atoms with van der Waals surface area (Å²) in [6, 6.07) is 10.3. The number of aromatic nitrogens is 1. The van der Waals surface area contributed by atoms with Crippen LogP contribution in [0.3, 0.4) is 0 Å². The molecular formula is C22H19F4NO5. The summed E-state index contributed by atoms with van der Waals surface area (Å²) in [7, 11) is 0. The molecule has 0 saturated carbocycles. The van der Waals surface area contributed by atoms with Crippen LogP contribution in [0.1, 0.15) is 29.4 Å². The molecule has 0 aliphatic rings. The Hall–Kier alpha value is -3.56. The van der Waals surface area contributed by atoms with E-state index in [1.807, 2.05) is 6.92 Å². The van der Waals surface area contributed by atoms with Crippen LogP contribution in [-0.2, 0) is 6.42 Å². The highest BCUT2D eigenvalue weighted by Gasteiger charge is 2.18. The van der Waals surface area contributed by atoms with Crippen molar-refractivity contribution >= 4 is 5.78 Å². The highest BCUT2D eigenvalue weighted by molar-refractivity contribution is 5.98. The number of hydrogen-bond donors (Lipinski definition) is 0. The molecule has 3 aromatic rings. The lowest BCUT2D eigenvalue weighted by molar-refractivity contribution is -0.0692. The first-order chi connectivity index (χ1) is 15.4. The molecule has 0 N–H and O–H groups in total. The fraction of sp³-hybridized carbons (Fsp3) is 0.273. The SMILES string of the molecule is CCOc1ccccc1C(=O)CCc1coc(-c2ccc(OC(F)F)c(OC(F)F)c2)n1. The molecule has 1 heterocycles. The van der Waals surface area contributed by atoms with Crippen LogP contribution in [0.25, 0.3) is 11.5 Å². The Balaban J connectivity index is 1.72. The number of ketones is 1. The average molecular weight is 453 g/mol. The van der Waals surface area contributed by atoms with Crippen LogP contribution in [0.15, 0.2) is 53.1 Å². The van der Waals surface area contributed by atoms with Crippen molar-refractivity contribution < 1.29 is 41.0 Å². The average Bonchev–Trinajstić information content (AvgIpc) is 3.22. The first-order valence-corrected chi connectivity index (χ1v) is 9.60. The summed E-state index contributed by atoms with van der Waals surface area (Å²) in [5.41, 5.74) is 1.12. The van der Waals surface area contributed by atoms with Crippen molar-refractivity contribution in [3.63, 3.8) is 0 Å².